The van der Waals surface area contributed by atoms with Gasteiger partial charge in [-0.25, -0.2) is 9.13 Å². The molecule has 540 valence electrons. The highest BCUT2D eigenvalue weighted by molar-refractivity contribution is 7.47. The van der Waals surface area contributed by atoms with E-state index in [9.17, 15) is 43.2 Å². The number of carbonyl (C=O) groups is 4. The molecule has 0 radical (unpaired) electrons. The van der Waals surface area contributed by atoms with Crippen LogP contribution in [0.2, 0.25) is 0 Å². The third kappa shape index (κ3) is 63.9. The van der Waals surface area contributed by atoms with Crippen molar-refractivity contribution in [2.45, 2.75) is 387 Å². The van der Waals surface area contributed by atoms with Crippen LogP contribution in [0.3, 0.4) is 0 Å². The van der Waals surface area contributed by atoms with Gasteiger partial charge < -0.3 is 33.8 Å². The lowest BCUT2D eigenvalue weighted by Gasteiger charge is -2.21. The normalized spacial score (nSPS) is 14.7. The van der Waals surface area contributed by atoms with Crippen molar-refractivity contribution in [3.05, 3.63) is 0 Å². The summed E-state index contributed by atoms with van der Waals surface area (Å²) in [6.07, 6.45) is 49.7. The Kier molecular flexibility index (Phi) is 62.7. The molecule has 0 fully saturated rings. The lowest BCUT2D eigenvalue weighted by Crippen LogP contribution is -2.30. The Balaban J connectivity index is 5.27. The molecule has 4 unspecified atom stereocenters. The fourth-order valence-corrected chi connectivity index (χ4v) is 12.5. The molecular weight excluding hydrogens is 1200 g/mol. The Bertz CT molecular complexity index is 1770. The Hall–Kier alpha value is -1.94. The van der Waals surface area contributed by atoms with Crippen molar-refractivity contribution in [2.75, 3.05) is 39.6 Å². The highest BCUT2D eigenvalue weighted by atomic mass is 31.2. The molecule has 0 saturated heterocycles. The average molecular weight is 1340 g/mol. The number of phosphoric ester groups is 2. The molecule has 17 nitrogen and oxygen atoms in total. The Morgan fingerprint density at radius 2 is 0.527 bits per heavy atom. The van der Waals surface area contributed by atoms with E-state index in [2.05, 4.69) is 41.5 Å². The molecule has 0 rings (SSSR count). The van der Waals surface area contributed by atoms with E-state index < -0.39 is 97.5 Å². The number of rotatable bonds is 71. The molecular formula is C72H140O17P2. The maximum Gasteiger partial charge on any atom is 0.472 e. The lowest BCUT2D eigenvalue weighted by atomic mass is 9.99. The minimum atomic E-state index is -4.95. The quantitative estimate of drug-likeness (QED) is 0.0222. The summed E-state index contributed by atoms with van der Waals surface area (Å²) in [6, 6.07) is 0. The number of hydrogen-bond donors (Lipinski definition) is 3. The largest absolute Gasteiger partial charge is 0.472 e. The molecule has 0 aromatic rings. The zero-order chi connectivity index (χ0) is 67.2. The molecule has 0 aliphatic rings. The third-order valence-corrected chi connectivity index (χ3v) is 19.3. The zero-order valence-corrected chi connectivity index (χ0v) is 60.9. The van der Waals surface area contributed by atoms with Crippen molar-refractivity contribution < 1.29 is 80.2 Å². The fraction of sp³-hybridized carbons (Fsp3) is 0.944. The summed E-state index contributed by atoms with van der Waals surface area (Å²) in [5.41, 5.74) is 0. The summed E-state index contributed by atoms with van der Waals surface area (Å²) in [7, 11) is -9.90. The van der Waals surface area contributed by atoms with Crippen LogP contribution in [0.4, 0.5) is 0 Å². The Labute approximate surface area is 556 Å². The van der Waals surface area contributed by atoms with E-state index in [0.717, 1.165) is 102 Å². The molecule has 19 heteroatoms. The molecule has 0 aliphatic heterocycles. The molecule has 0 spiro atoms. The van der Waals surface area contributed by atoms with Gasteiger partial charge in [-0.3, -0.25) is 37.3 Å². The first-order valence-electron chi connectivity index (χ1n) is 37.6. The summed E-state index contributed by atoms with van der Waals surface area (Å²) in [5.74, 6) is -0.573. The van der Waals surface area contributed by atoms with E-state index >= 15 is 0 Å². The van der Waals surface area contributed by atoms with Crippen molar-refractivity contribution in [3.8, 4) is 0 Å². The molecule has 0 bridgehead atoms. The first kappa shape index (κ1) is 89.1. The van der Waals surface area contributed by atoms with Crippen LogP contribution in [0, 0.1) is 11.8 Å². The van der Waals surface area contributed by atoms with E-state index in [-0.39, 0.29) is 25.7 Å². The van der Waals surface area contributed by atoms with Crippen LogP contribution >= 0.6 is 15.6 Å². The minimum Gasteiger partial charge on any atom is -0.462 e. The predicted molar refractivity (Wildman–Crippen MR) is 368 cm³/mol. The predicted octanol–water partition coefficient (Wildman–Crippen LogP) is 20.8. The number of unbranched alkanes of at least 4 members (excludes halogenated alkanes) is 39. The topological polar surface area (TPSA) is 237 Å². The standard InChI is InChI=1S/C72H140O17P2/c1-7-11-13-15-17-19-21-23-25-27-29-38-44-50-56-71(76)88-67(60-82-69(74)54-48-42-36-28-26-24-22-20-18-16-14-12-8-2)62-86-90(78,79)84-58-66(73)59-85-91(80,81)87-63-68(89-72(77)57-51-45-39-33-31-35-41-47-53-65(6)10-4)61-83-70(75)55-49-43-37-32-30-34-40-46-52-64(5)9-3/h64-68,73H,7-63H2,1-6H3,(H,78,79)(H,80,81)/t64?,65?,66-,67-,68-/m1/s1. The maximum absolute atomic E-state index is 13.0. The molecule has 0 amide bonds. The van der Waals surface area contributed by atoms with Crippen LogP contribution in [-0.4, -0.2) is 96.7 Å². The van der Waals surface area contributed by atoms with Crippen molar-refractivity contribution in [3.63, 3.8) is 0 Å². The zero-order valence-electron chi connectivity index (χ0n) is 59.1. The number of aliphatic hydroxyl groups is 1. The van der Waals surface area contributed by atoms with Gasteiger partial charge in [0.25, 0.3) is 0 Å². The number of phosphoric acid groups is 2. The molecule has 0 aromatic heterocycles. The van der Waals surface area contributed by atoms with Gasteiger partial charge >= 0.3 is 39.5 Å². The molecule has 3 N–H and O–H groups in total. The van der Waals surface area contributed by atoms with Crippen LogP contribution < -0.4 is 0 Å². The van der Waals surface area contributed by atoms with Crippen molar-refractivity contribution in [1.82, 2.24) is 0 Å². The Morgan fingerprint density at radius 3 is 0.780 bits per heavy atom. The van der Waals surface area contributed by atoms with Gasteiger partial charge in [0.1, 0.15) is 19.3 Å². The number of aliphatic hydroxyl groups excluding tert-OH is 1. The molecule has 0 heterocycles. The third-order valence-electron chi connectivity index (χ3n) is 17.4. The second-order valence-electron chi connectivity index (χ2n) is 26.5. The van der Waals surface area contributed by atoms with Crippen LogP contribution in [-0.2, 0) is 65.4 Å². The minimum absolute atomic E-state index is 0.105. The van der Waals surface area contributed by atoms with Gasteiger partial charge in [-0.2, -0.15) is 0 Å². The maximum atomic E-state index is 13.0. The number of hydrogen-bond acceptors (Lipinski definition) is 15. The lowest BCUT2D eigenvalue weighted by molar-refractivity contribution is -0.161. The number of ether oxygens (including phenoxy) is 4. The van der Waals surface area contributed by atoms with Crippen LogP contribution in [0.15, 0.2) is 0 Å². The summed E-state index contributed by atoms with van der Waals surface area (Å²) >= 11 is 0. The smallest absolute Gasteiger partial charge is 0.462 e. The van der Waals surface area contributed by atoms with Crippen molar-refractivity contribution in [1.29, 1.82) is 0 Å². The van der Waals surface area contributed by atoms with Gasteiger partial charge in [-0.15, -0.1) is 0 Å². The van der Waals surface area contributed by atoms with E-state index in [4.69, 9.17) is 37.0 Å². The fourth-order valence-electron chi connectivity index (χ4n) is 10.9. The molecule has 0 aliphatic carbocycles. The van der Waals surface area contributed by atoms with Gasteiger partial charge in [-0.05, 0) is 37.5 Å². The second kappa shape index (κ2) is 64.1. The van der Waals surface area contributed by atoms with Gasteiger partial charge in [0.05, 0.1) is 26.4 Å². The summed E-state index contributed by atoms with van der Waals surface area (Å²) in [6.45, 7) is 9.57. The molecule has 0 aromatic carbocycles. The SMILES string of the molecule is CCCCCCCCCCCCCCCCC(=O)O[C@H](COC(=O)CCCCCCCCCCCCCCC)COP(=O)(O)OC[C@@H](O)COP(=O)(O)OC[C@@H](COC(=O)CCCCCCCCCCC(C)CC)OC(=O)CCCCCCCCCCC(C)CC. The molecule has 7 atom stereocenters. The first-order chi connectivity index (χ1) is 43.9. The summed E-state index contributed by atoms with van der Waals surface area (Å²) in [5, 5.41) is 10.6. The summed E-state index contributed by atoms with van der Waals surface area (Å²) in [4.78, 5) is 72.7. The van der Waals surface area contributed by atoms with Gasteiger partial charge in [0.2, 0.25) is 0 Å². The van der Waals surface area contributed by atoms with Crippen LogP contribution in [0.5, 0.6) is 0 Å². The highest BCUT2D eigenvalue weighted by Gasteiger charge is 2.30. The van der Waals surface area contributed by atoms with E-state index in [1.165, 1.54) is 186 Å². The van der Waals surface area contributed by atoms with Crippen molar-refractivity contribution >= 4 is 39.5 Å². The number of esters is 4. The van der Waals surface area contributed by atoms with E-state index in [1.54, 1.807) is 0 Å². The molecule has 0 saturated carbocycles. The van der Waals surface area contributed by atoms with Gasteiger partial charge in [0.15, 0.2) is 12.2 Å². The summed E-state index contributed by atoms with van der Waals surface area (Å²) < 4.78 is 68.4. The van der Waals surface area contributed by atoms with Crippen LogP contribution in [0.25, 0.3) is 0 Å². The number of carbonyl (C=O) groups excluding carboxylic acids is 4. The van der Waals surface area contributed by atoms with Gasteiger partial charge in [0, 0.05) is 25.7 Å². The highest BCUT2D eigenvalue weighted by Crippen LogP contribution is 2.45. The second-order valence-corrected chi connectivity index (χ2v) is 29.4. The van der Waals surface area contributed by atoms with E-state index in [0.29, 0.717) is 25.7 Å². The molecule has 91 heavy (non-hydrogen) atoms. The average Bonchev–Trinajstić information content (AvgIpc) is 3.65. The van der Waals surface area contributed by atoms with E-state index in [1.807, 2.05) is 0 Å². The van der Waals surface area contributed by atoms with Crippen molar-refractivity contribution in [2.24, 2.45) is 11.8 Å². The van der Waals surface area contributed by atoms with Crippen LogP contribution in [0.1, 0.15) is 369 Å². The van der Waals surface area contributed by atoms with Gasteiger partial charge in [-0.1, -0.05) is 318 Å². The monoisotopic (exact) mass is 1340 g/mol. The Morgan fingerprint density at radius 1 is 0.308 bits per heavy atom. The first-order valence-corrected chi connectivity index (χ1v) is 40.6.